The van der Waals surface area contributed by atoms with Gasteiger partial charge in [-0.05, 0) is 49.3 Å². The van der Waals surface area contributed by atoms with Crippen molar-refractivity contribution in [3.05, 3.63) is 29.8 Å². The number of nitrogens with two attached hydrogens (primary N) is 1. The van der Waals surface area contributed by atoms with Gasteiger partial charge in [-0.3, -0.25) is 0 Å². The first-order valence-corrected chi connectivity index (χ1v) is 7.38. The van der Waals surface area contributed by atoms with Crippen LogP contribution in [0.5, 0.6) is 0 Å². The molecule has 3 heteroatoms. The third kappa shape index (κ3) is 3.03. The molecule has 2 nitrogen and oxygen atoms in total. The molecule has 2 rings (SSSR count). The molecule has 1 aliphatic carbocycles. The molecule has 94 valence electrons. The lowest BCUT2D eigenvalue weighted by molar-refractivity contribution is 0.204. The molecule has 0 bridgehead atoms. The van der Waals surface area contributed by atoms with Crippen LogP contribution in [-0.2, 0) is 0 Å². The number of thioether (sulfide) groups is 1. The largest absolute Gasteiger partial charge is 0.328 e. The van der Waals surface area contributed by atoms with E-state index >= 15 is 0 Å². The summed E-state index contributed by atoms with van der Waals surface area (Å²) >= 11 is 1.89. The first kappa shape index (κ1) is 12.9. The molecule has 0 saturated heterocycles. The fourth-order valence-corrected chi connectivity index (χ4v) is 3.26. The Kier molecular flexibility index (Phi) is 4.48. The van der Waals surface area contributed by atoms with Gasteiger partial charge in [-0.25, -0.2) is 0 Å². The maximum Gasteiger partial charge on any atom is 0.0347 e. The number of rotatable bonds is 5. The molecule has 1 saturated carbocycles. The molecule has 17 heavy (non-hydrogen) atoms. The van der Waals surface area contributed by atoms with Gasteiger partial charge >= 0.3 is 0 Å². The van der Waals surface area contributed by atoms with Gasteiger partial charge in [0, 0.05) is 17.0 Å². The van der Waals surface area contributed by atoms with E-state index in [-0.39, 0.29) is 0 Å². The second-order valence-corrected chi connectivity index (χ2v) is 6.10. The molecule has 1 unspecified atom stereocenters. The van der Waals surface area contributed by atoms with Crippen molar-refractivity contribution >= 4 is 11.8 Å². The Morgan fingerprint density at radius 3 is 2.47 bits per heavy atom. The van der Waals surface area contributed by atoms with Crippen LogP contribution in [0, 0.1) is 5.92 Å². The highest BCUT2D eigenvalue weighted by molar-refractivity contribution is 7.99. The lowest BCUT2D eigenvalue weighted by Crippen LogP contribution is -2.42. The van der Waals surface area contributed by atoms with Crippen molar-refractivity contribution < 1.29 is 0 Å². The zero-order valence-electron chi connectivity index (χ0n) is 10.6. The second kappa shape index (κ2) is 5.89. The normalized spacial score (nSPS) is 25.4. The third-order valence-electron chi connectivity index (χ3n) is 3.54. The molecule has 0 aliphatic heterocycles. The lowest BCUT2D eigenvalue weighted by Gasteiger charge is -2.38. The SMILES string of the molecule is CCSc1ccc(C(NC)C2CC(N)C2)cc1. The van der Waals surface area contributed by atoms with E-state index in [4.69, 9.17) is 5.73 Å². The van der Waals surface area contributed by atoms with E-state index in [1.807, 2.05) is 18.8 Å². The Hall–Kier alpha value is -0.510. The van der Waals surface area contributed by atoms with Crippen LogP contribution in [0.25, 0.3) is 0 Å². The van der Waals surface area contributed by atoms with E-state index in [0.29, 0.717) is 18.0 Å². The van der Waals surface area contributed by atoms with E-state index in [9.17, 15) is 0 Å². The summed E-state index contributed by atoms with van der Waals surface area (Å²) in [4.78, 5) is 1.36. The van der Waals surface area contributed by atoms with Gasteiger partial charge in [-0.2, -0.15) is 0 Å². The lowest BCUT2D eigenvalue weighted by atomic mass is 9.74. The summed E-state index contributed by atoms with van der Waals surface area (Å²) in [5.41, 5.74) is 7.27. The third-order valence-corrected chi connectivity index (χ3v) is 4.44. The van der Waals surface area contributed by atoms with Gasteiger partial charge in [0.2, 0.25) is 0 Å². The molecule has 1 fully saturated rings. The summed E-state index contributed by atoms with van der Waals surface area (Å²) in [6.45, 7) is 2.19. The van der Waals surface area contributed by atoms with Gasteiger partial charge in [0.25, 0.3) is 0 Å². The monoisotopic (exact) mass is 250 g/mol. The molecule has 0 heterocycles. The minimum atomic E-state index is 0.422. The Bertz CT molecular complexity index is 344. The van der Waals surface area contributed by atoms with Crippen LogP contribution in [0.2, 0.25) is 0 Å². The Morgan fingerprint density at radius 1 is 1.35 bits per heavy atom. The second-order valence-electron chi connectivity index (χ2n) is 4.76. The number of hydrogen-bond donors (Lipinski definition) is 2. The molecular formula is C14H22N2S. The summed E-state index contributed by atoms with van der Waals surface area (Å²) in [6, 6.07) is 9.85. The Labute approximate surface area is 108 Å². The molecule has 0 radical (unpaired) electrons. The quantitative estimate of drug-likeness (QED) is 0.789. The van der Waals surface area contributed by atoms with Gasteiger partial charge in [0.05, 0.1) is 0 Å². The topological polar surface area (TPSA) is 38.0 Å². The van der Waals surface area contributed by atoms with Crippen LogP contribution in [-0.4, -0.2) is 18.8 Å². The minimum Gasteiger partial charge on any atom is -0.328 e. The van der Waals surface area contributed by atoms with Gasteiger partial charge < -0.3 is 11.1 Å². The van der Waals surface area contributed by atoms with Crippen LogP contribution in [0.3, 0.4) is 0 Å². The molecule has 1 aromatic rings. The van der Waals surface area contributed by atoms with Crippen molar-refractivity contribution in [3.8, 4) is 0 Å². The summed E-state index contributed by atoms with van der Waals surface area (Å²) < 4.78 is 0. The van der Waals surface area contributed by atoms with Gasteiger partial charge in [0.15, 0.2) is 0 Å². The van der Waals surface area contributed by atoms with E-state index < -0.39 is 0 Å². The number of hydrogen-bond acceptors (Lipinski definition) is 3. The van der Waals surface area contributed by atoms with Crippen LogP contribution in [0.4, 0.5) is 0 Å². The maximum atomic E-state index is 5.87. The molecular weight excluding hydrogens is 228 g/mol. The van der Waals surface area contributed by atoms with Gasteiger partial charge in [-0.1, -0.05) is 19.1 Å². The smallest absolute Gasteiger partial charge is 0.0347 e. The molecule has 0 aromatic heterocycles. The van der Waals surface area contributed by atoms with Crippen molar-refractivity contribution in [1.29, 1.82) is 0 Å². The highest BCUT2D eigenvalue weighted by atomic mass is 32.2. The van der Waals surface area contributed by atoms with Gasteiger partial charge in [-0.15, -0.1) is 11.8 Å². The average Bonchev–Trinajstić information content (AvgIpc) is 2.30. The van der Waals surface area contributed by atoms with Crippen molar-refractivity contribution in [3.63, 3.8) is 0 Å². The van der Waals surface area contributed by atoms with Crippen LogP contribution in [0.1, 0.15) is 31.4 Å². The first-order valence-electron chi connectivity index (χ1n) is 6.40. The summed E-state index contributed by atoms with van der Waals surface area (Å²) in [5.74, 6) is 1.84. The predicted octanol–water partition coefficient (Wildman–Crippen LogP) is 2.80. The van der Waals surface area contributed by atoms with Crippen molar-refractivity contribution in [2.24, 2.45) is 11.7 Å². The molecule has 0 amide bonds. The minimum absolute atomic E-state index is 0.422. The van der Waals surface area contributed by atoms with E-state index in [0.717, 1.165) is 18.6 Å². The van der Waals surface area contributed by atoms with Crippen molar-refractivity contribution in [2.75, 3.05) is 12.8 Å². The molecule has 1 atom stereocenters. The van der Waals surface area contributed by atoms with Crippen LogP contribution in [0.15, 0.2) is 29.2 Å². The molecule has 1 aromatic carbocycles. The van der Waals surface area contributed by atoms with Crippen molar-refractivity contribution in [1.82, 2.24) is 5.32 Å². The predicted molar refractivity (Wildman–Crippen MR) is 75.3 cm³/mol. The van der Waals surface area contributed by atoms with E-state index in [1.54, 1.807) is 0 Å². The Morgan fingerprint density at radius 2 is 2.00 bits per heavy atom. The van der Waals surface area contributed by atoms with Crippen LogP contribution < -0.4 is 11.1 Å². The average molecular weight is 250 g/mol. The molecule has 3 N–H and O–H groups in total. The fraction of sp³-hybridized carbons (Fsp3) is 0.571. The molecule has 0 spiro atoms. The molecule has 1 aliphatic rings. The van der Waals surface area contributed by atoms with Crippen LogP contribution >= 0.6 is 11.8 Å². The maximum absolute atomic E-state index is 5.87. The van der Waals surface area contributed by atoms with E-state index in [1.165, 1.54) is 10.5 Å². The zero-order chi connectivity index (χ0) is 12.3. The van der Waals surface area contributed by atoms with E-state index in [2.05, 4.69) is 36.5 Å². The van der Waals surface area contributed by atoms with Crippen molar-refractivity contribution in [2.45, 2.75) is 36.7 Å². The fourth-order valence-electron chi connectivity index (χ4n) is 2.59. The summed E-state index contributed by atoms with van der Waals surface area (Å²) in [5, 5.41) is 3.43. The zero-order valence-corrected chi connectivity index (χ0v) is 11.5. The summed E-state index contributed by atoms with van der Waals surface area (Å²) in [7, 11) is 2.04. The summed E-state index contributed by atoms with van der Waals surface area (Å²) in [6.07, 6.45) is 2.30. The highest BCUT2D eigenvalue weighted by Crippen LogP contribution is 2.37. The highest BCUT2D eigenvalue weighted by Gasteiger charge is 2.32. The number of benzene rings is 1. The number of nitrogens with one attached hydrogen (secondary N) is 1. The standard InChI is InChI=1S/C14H22N2S/c1-3-17-13-6-4-10(5-7-13)14(16-2)11-8-12(15)9-11/h4-7,11-12,14,16H,3,8-9,15H2,1-2H3. The van der Waals surface area contributed by atoms with Gasteiger partial charge in [0.1, 0.15) is 0 Å². The Balaban J connectivity index is 2.03. The first-order chi connectivity index (χ1) is 8.24.